The molecule has 0 radical (unpaired) electrons. The molecule has 0 saturated heterocycles. The van der Waals surface area contributed by atoms with E-state index < -0.39 is 0 Å². The fourth-order valence-corrected chi connectivity index (χ4v) is 3.02. The van der Waals surface area contributed by atoms with Crippen molar-refractivity contribution in [1.29, 1.82) is 0 Å². The predicted octanol–water partition coefficient (Wildman–Crippen LogP) is 2.87. The number of carbonyl (C=O) groups is 1. The topological polar surface area (TPSA) is 52.6 Å². The standard InChI is InChI=1S/C17H26N2O2/c1-13(2)18-17(21)19(11-6-12-20)16-10-5-8-14-7-3-4-9-15(14)16/h3-4,7,9,13,16,20H,5-6,8,10-12H2,1-2H3,(H,18,21). The van der Waals surface area contributed by atoms with Gasteiger partial charge in [0.2, 0.25) is 0 Å². The lowest BCUT2D eigenvalue weighted by Crippen LogP contribution is -2.46. The van der Waals surface area contributed by atoms with Gasteiger partial charge in [-0.1, -0.05) is 24.3 Å². The summed E-state index contributed by atoms with van der Waals surface area (Å²) in [6, 6.07) is 8.61. The van der Waals surface area contributed by atoms with Gasteiger partial charge in [-0.15, -0.1) is 0 Å². The maximum absolute atomic E-state index is 12.5. The van der Waals surface area contributed by atoms with Crippen molar-refractivity contribution >= 4 is 6.03 Å². The van der Waals surface area contributed by atoms with E-state index in [-0.39, 0.29) is 24.7 Å². The van der Waals surface area contributed by atoms with Crippen molar-refractivity contribution < 1.29 is 9.90 Å². The second kappa shape index (κ2) is 7.46. The van der Waals surface area contributed by atoms with Gasteiger partial charge in [0.05, 0.1) is 6.04 Å². The van der Waals surface area contributed by atoms with Crippen LogP contribution in [0.1, 0.15) is 50.3 Å². The van der Waals surface area contributed by atoms with Crippen molar-refractivity contribution in [2.24, 2.45) is 0 Å². The molecule has 1 aromatic rings. The summed E-state index contributed by atoms with van der Waals surface area (Å²) < 4.78 is 0. The van der Waals surface area contributed by atoms with E-state index in [1.54, 1.807) is 0 Å². The number of rotatable bonds is 5. The summed E-state index contributed by atoms with van der Waals surface area (Å²) in [5.74, 6) is 0. The van der Waals surface area contributed by atoms with Crippen molar-refractivity contribution in [3.05, 3.63) is 35.4 Å². The first kappa shape index (κ1) is 15.8. The lowest BCUT2D eigenvalue weighted by Gasteiger charge is -2.36. The van der Waals surface area contributed by atoms with Gasteiger partial charge in [-0.2, -0.15) is 0 Å². The van der Waals surface area contributed by atoms with Crippen LogP contribution < -0.4 is 5.32 Å². The van der Waals surface area contributed by atoms with Crippen LogP contribution in [0.15, 0.2) is 24.3 Å². The highest BCUT2D eigenvalue weighted by molar-refractivity contribution is 5.75. The highest BCUT2D eigenvalue weighted by atomic mass is 16.3. The minimum atomic E-state index is -0.0276. The zero-order valence-electron chi connectivity index (χ0n) is 13.0. The molecule has 21 heavy (non-hydrogen) atoms. The number of aryl methyl sites for hydroxylation is 1. The van der Waals surface area contributed by atoms with Crippen molar-refractivity contribution in [3.63, 3.8) is 0 Å². The summed E-state index contributed by atoms with van der Waals surface area (Å²) in [5, 5.41) is 12.1. The first-order chi connectivity index (χ1) is 10.1. The van der Waals surface area contributed by atoms with Gasteiger partial charge in [-0.3, -0.25) is 0 Å². The van der Waals surface area contributed by atoms with Crippen molar-refractivity contribution in [2.45, 2.75) is 51.6 Å². The Morgan fingerprint density at radius 2 is 2.19 bits per heavy atom. The van der Waals surface area contributed by atoms with Crippen molar-refractivity contribution in [2.75, 3.05) is 13.2 Å². The highest BCUT2D eigenvalue weighted by Crippen LogP contribution is 2.34. The molecule has 2 N–H and O–H groups in total. The number of fused-ring (bicyclic) bond motifs is 1. The minimum absolute atomic E-state index is 0.0276. The number of hydrogen-bond acceptors (Lipinski definition) is 2. The Morgan fingerprint density at radius 1 is 1.43 bits per heavy atom. The van der Waals surface area contributed by atoms with Gasteiger partial charge in [-0.05, 0) is 50.7 Å². The first-order valence-electron chi connectivity index (χ1n) is 7.89. The number of aliphatic hydroxyl groups excluding tert-OH is 1. The predicted molar refractivity (Wildman–Crippen MR) is 84.2 cm³/mol. The van der Waals surface area contributed by atoms with Gasteiger partial charge in [0.1, 0.15) is 0 Å². The number of aliphatic hydroxyl groups is 1. The molecule has 0 aliphatic heterocycles. The Bertz CT molecular complexity index is 474. The van der Waals surface area contributed by atoms with Crippen LogP contribution in [0.4, 0.5) is 4.79 Å². The van der Waals surface area contributed by atoms with E-state index in [0.717, 1.165) is 19.3 Å². The Balaban J connectivity index is 2.22. The molecule has 1 unspecified atom stereocenters. The van der Waals surface area contributed by atoms with Gasteiger partial charge in [-0.25, -0.2) is 4.79 Å². The molecule has 1 atom stereocenters. The van der Waals surface area contributed by atoms with E-state index in [0.29, 0.717) is 13.0 Å². The normalized spacial score (nSPS) is 17.4. The van der Waals surface area contributed by atoms with E-state index in [1.807, 2.05) is 24.8 Å². The van der Waals surface area contributed by atoms with Crippen LogP contribution in [0.3, 0.4) is 0 Å². The Labute approximate surface area is 127 Å². The average Bonchev–Trinajstić information content (AvgIpc) is 2.47. The molecule has 4 nitrogen and oxygen atoms in total. The maximum atomic E-state index is 12.5. The number of amides is 2. The SMILES string of the molecule is CC(C)NC(=O)N(CCCO)C1CCCc2ccccc21. The van der Waals surface area contributed by atoms with Gasteiger partial charge in [0.15, 0.2) is 0 Å². The molecule has 0 heterocycles. The van der Waals surface area contributed by atoms with E-state index >= 15 is 0 Å². The lowest BCUT2D eigenvalue weighted by atomic mass is 9.87. The van der Waals surface area contributed by atoms with Crippen LogP contribution in [-0.4, -0.2) is 35.2 Å². The van der Waals surface area contributed by atoms with Gasteiger partial charge >= 0.3 is 6.03 Å². The van der Waals surface area contributed by atoms with Crippen LogP contribution in [-0.2, 0) is 6.42 Å². The van der Waals surface area contributed by atoms with E-state index in [1.165, 1.54) is 11.1 Å². The van der Waals surface area contributed by atoms with E-state index in [2.05, 4.69) is 23.5 Å². The number of nitrogens with one attached hydrogen (secondary N) is 1. The lowest BCUT2D eigenvalue weighted by molar-refractivity contribution is 0.155. The fourth-order valence-electron chi connectivity index (χ4n) is 3.02. The second-order valence-electron chi connectivity index (χ2n) is 5.98. The molecule has 2 rings (SSSR count). The smallest absolute Gasteiger partial charge is 0.318 e. The van der Waals surface area contributed by atoms with Gasteiger partial charge in [0, 0.05) is 19.2 Å². The Hall–Kier alpha value is -1.55. The third-order valence-electron chi connectivity index (χ3n) is 3.94. The minimum Gasteiger partial charge on any atom is -0.396 e. The molecule has 1 aromatic carbocycles. The number of hydrogen-bond donors (Lipinski definition) is 2. The molecule has 2 amide bonds. The highest BCUT2D eigenvalue weighted by Gasteiger charge is 2.28. The number of urea groups is 1. The van der Waals surface area contributed by atoms with Crippen molar-refractivity contribution in [3.8, 4) is 0 Å². The Kier molecular flexibility index (Phi) is 5.62. The Morgan fingerprint density at radius 3 is 2.90 bits per heavy atom. The van der Waals surface area contributed by atoms with Crippen LogP contribution in [0.5, 0.6) is 0 Å². The molecule has 0 bridgehead atoms. The largest absolute Gasteiger partial charge is 0.396 e. The zero-order chi connectivity index (χ0) is 15.2. The van der Waals surface area contributed by atoms with Crippen LogP contribution in [0.25, 0.3) is 0 Å². The molecule has 0 spiro atoms. The fraction of sp³-hybridized carbons (Fsp3) is 0.588. The summed E-state index contributed by atoms with van der Waals surface area (Å²) in [7, 11) is 0. The molecule has 1 aliphatic rings. The van der Waals surface area contributed by atoms with Crippen LogP contribution in [0, 0.1) is 0 Å². The van der Waals surface area contributed by atoms with Crippen molar-refractivity contribution in [1.82, 2.24) is 10.2 Å². The van der Waals surface area contributed by atoms with Crippen LogP contribution >= 0.6 is 0 Å². The maximum Gasteiger partial charge on any atom is 0.318 e. The van der Waals surface area contributed by atoms with E-state index in [4.69, 9.17) is 5.11 Å². The summed E-state index contributed by atoms with van der Waals surface area (Å²) in [6.07, 6.45) is 3.80. The molecule has 0 saturated carbocycles. The molecule has 0 fully saturated rings. The molecule has 1 aliphatic carbocycles. The van der Waals surface area contributed by atoms with Crippen LogP contribution in [0.2, 0.25) is 0 Å². The number of benzene rings is 1. The number of carbonyl (C=O) groups excluding carboxylic acids is 1. The zero-order valence-corrected chi connectivity index (χ0v) is 13.0. The third kappa shape index (κ3) is 3.97. The molecule has 116 valence electrons. The van der Waals surface area contributed by atoms with Gasteiger partial charge < -0.3 is 15.3 Å². The summed E-state index contributed by atoms with van der Waals surface area (Å²) in [4.78, 5) is 14.4. The summed E-state index contributed by atoms with van der Waals surface area (Å²) in [5.41, 5.74) is 2.61. The monoisotopic (exact) mass is 290 g/mol. The second-order valence-corrected chi connectivity index (χ2v) is 5.98. The third-order valence-corrected chi connectivity index (χ3v) is 3.94. The van der Waals surface area contributed by atoms with E-state index in [9.17, 15) is 4.79 Å². The van der Waals surface area contributed by atoms with Gasteiger partial charge in [0.25, 0.3) is 0 Å². The average molecular weight is 290 g/mol. The first-order valence-corrected chi connectivity index (χ1v) is 7.89. The number of nitrogens with zero attached hydrogens (tertiary/aromatic N) is 1. The summed E-state index contributed by atoms with van der Waals surface area (Å²) in [6.45, 7) is 4.64. The molecular formula is C17H26N2O2. The summed E-state index contributed by atoms with van der Waals surface area (Å²) >= 11 is 0. The quantitative estimate of drug-likeness (QED) is 0.876. The molecule has 0 aromatic heterocycles. The molecular weight excluding hydrogens is 264 g/mol. The molecule has 4 heteroatoms.